The second-order valence-corrected chi connectivity index (χ2v) is 19.8. The molecule has 5 nitrogen and oxygen atoms in total. The number of benzene rings is 7. The number of aromatic nitrogens is 3. The summed E-state index contributed by atoms with van der Waals surface area (Å²) in [5.41, 5.74) is 14.8. The molecule has 1 aliphatic carbocycles. The molecule has 351 valence electrons. The Labute approximate surface area is 424 Å². The maximum atomic E-state index is 13.2. The van der Waals surface area contributed by atoms with E-state index in [1.54, 1.807) is 30.5 Å². The van der Waals surface area contributed by atoms with Crippen molar-refractivity contribution in [1.29, 1.82) is 0 Å². The van der Waals surface area contributed by atoms with Crippen molar-refractivity contribution >= 4 is 33.0 Å². The standard InChI is InChI=1S/C52H48N3O.C11H7FN.Ir/c1-33(2)43-30-38(37-22-20-36(21-23-37)35-14-9-8-10-15-35)31-44(34(3)4)48(43)55-46-19-12-11-18-45(46)54-50(55)42-17-13-16-41-40-25-24-39(32-47(40)56-49(41)42)52(53-7)28-26-51(5,6)27-29-52;12-10-6-2-1-5-9(10)11-7-3-4-8-13-11;/h8-16,18-25,30-34H,26-29H2,1-6H3;1-4,6-8H;/q2*-1;. The van der Waals surface area contributed by atoms with Crippen LogP contribution in [0.25, 0.3) is 88.4 Å². The van der Waals surface area contributed by atoms with Crippen molar-refractivity contribution < 1.29 is 28.9 Å². The van der Waals surface area contributed by atoms with Crippen molar-refractivity contribution in [1.82, 2.24) is 14.5 Å². The molecule has 0 N–H and O–H groups in total. The normalized spacial score (nSPS) is 14.1. The predicted molar refractivity (Wildman–Crippen MR) is 281 cm³/mol. The molecule has 0 atom stereocenters. The minimum absolute atomic E-state index is 0. The van der Waals surface area contributed by atoms with Gasteiger partial charge in [-0.25, -0.2) is 6.57 Å². The maximum absolute atomic E-state index is 13.2. The molecule has 0 spiro atoms. The Hall–Kier alpha value is -6.97. The Balaban J connectivity index is 0.000000376. The average Bonchev–Trinajstić information content (AvgIpc) is 3.95. The van der Waals surface area contributed by atoms with E-state index in [1.807, 2.05) is 12.1 Å². The first-order valence-corrected chi connectivity index (χ1v) is 24.1. The third-order valence-electron chi connectivity index (χ3n) is 14.1. The van der Waals surface area contributed by atoms with Gasteiger partial charge in [0, 0.05) is 61.6 Å². The van der Waals surface area contributed by atoms with Crippen LogP contribution in [0.15, 0.2) is 168 Å². The van der Waals surface area contributed by atoms with Crippen LogP contribution in [0.3, 0.4) is 0 Å². The summed E-state index contributed by atoms with van der Waals surface area (Å²) in [6.07, 6.45) is 5.46. The number of hydrogen-bond acceptors (Lipinski definition) is 3. The molecule has 1 radical (unpaired) electrons. The molecule has 1 saturated carbocycles. The second kappa shape index (κ2) is 19.8. The quantitative estimate of drug-likeness (QED) is 0.143. The summed E-state index contributed by atoms with van der Waals surface area (Å²) in [4.78, 5) is 13.7. The van der Waals surface area contributed by atoms with Gasteiger partial charge in [0.25, 0.3) is 5.54 Å². The first kappa shape index (κ1) is 48.1. The smallest absolute Gasteiger partial charge is 0.257 e. The minimum Gasteiger partial charge on any atom is -0.501 e. The van der Waals surface area contributed by atoms with Crippen molar-refractivity contribution in [3.8, 4) is 50.6 Å². The van der Waals surface area contributed by atoms with Crippen molar-refractivity contribution in [2.24, 2.45) is 5.41 Å². The summed E-state index contributed by atoms with van der Waals surface area (Å²) < 4.78 is 22.4. The Bertz CT molecular complexity index is 3470. The number of halogens is 1. The van der Waals surface area contributed by atoms with Gasteiger partial charge in [-0.2, -0.15) is 0 Å². The largest absolute Gasteiger partial charge is 0.501 e. The SMILES string of the molecule is Fc1ccc[c-]c1-c1ccccn1.[C-]#[N+]C1(c2ccc3c(c2)oc2c(-c4nc5ccccc5n4-c4c(C(C)C)cc(-c5ccc(-c6ccccc6)cc5)cc4C(C)C)[c-]ccc23)CCC(C)(C)CC1.[Ir]. The first-order valence-electron chi connectivity index (χ1n) is 24.1. The summed E-state index contributed by atoms with van der Waals surface area (Å²) in [5, 5.41) is 2.08. The zero-order valence-corrected chi connectivity index (χ0v) is 42.9. The van der Waals surface area contributed by atoms with Crippen LogP contribution in [-0.4, -0.2) is 14.5 Å². The molecule has 0 aliphatic heterocycles. The molecule has 0 unspecified atom stereocenters. The molecule has 3 heterocycles. The van der Waals surface area contributed by atoms with Gasteiger partial charge >= 0.3 is 0 Å². The van der Waals surface area contributed by atoms with E-state index in [9.17, 15) is 4.39 Å². The Morgan fingerprint density at radius 3 is 1.96 bits per heavy atom. The Morgan fingerprint density at radius 1 is 0.657 bits per heavy atom. The molecular formula is C63H55FIrN4O-2. The third-order valence-corrected chi connectivity index (χ3v) is 14.1. The first-order chi connectivity index (χ1) is 33.4. The fourth-order valence-corrected chi connectivity index (χ4v) is 10.0. The average molecular weight is 1100 g/mol. The van der Waals surface area contributed by atoms with E-state index in [4.69, 9.17) is 16.0 Å². The molecule has 3 aromatic heterocycles. The molecule has 0 amide bonds. The van der Waals surface area contributed by atoms with Crippen LogP contribution in [0.5, 0.6) is 0 Å². The molecule has 0 saturated heterocycles. The van der Waals surface area contributed by atoms with Gasteiger partial charge in [0.05, 0.1) is 22.4 Å². The predicted octanol–water partition coefficient (Wildman–Crippen LogP) is 17.4. The van der Waals surface area contributed by atoms with Crippen LogP contribution < -0.4 is 0 Å². The van der Waals surface area contributed by atoms with E-state index in [-0.39, 0.29) is 43.2 Å². The number of pyridine rings is 1. The molecule has 1 fully saturated rings. The summed E-state index contributed by atoms with van der Waals surface area (Å²) in [6.45, 7) is 22.1. The number of nitrogens with zero attached hydrogens (tertiary/aromatic N) is 4. The minimum atomic E-state index is -0.512. The summed E-state index contributed by atoms with van der Waals surface area (Å²) in [7, 11) is 0. The monoisotopic (exact) mass is 1100 g/mol. The van der Waals surface area contributed by atoms with E-state index >= 15 is 0 Å². The van der Waals surface area contributed by atoms with E-state index < -0.39 is 5.54 Å². The summed E-state index contributed by atoms with van der Waals surface area (Å²) in [6, 6.07) is 59.8. The second-order valence-electron chi connectivity index (χ2n) is 19.8. The molecule has 70 heavy (non-hydrogen) atoms. The molecule has 7 aromatic carbocycles. The Morgan fingerprint density at radius 2 is 1.30 bits per heavy atom. The van der Waals surface area contributed by atoms with Crippen LogP contribution in [0.1, 0.15) is 95.8 Å². The van der Waals surface area contributed by atoms with Gasteiger partial charge in [-0.15, -0.1) is 42.5 Å². The van der Waals surface area contributed by atoms with Crippen LogP contribution in [0.2, 0.25) is 0 Å². The van der Waals surface area contributed by atoms with Crippen molar-refractivity contribution in [3.63, 3.8) is 0 Å². The van der Waals surface area contributed by atoms with E-state index in [2.05, 4.69) is 183 Å². The van der Waals surface area contributed by atoms with E-state index in [1.165, 1.54) is 45.1 Å². The summed E-state index contributed by atoms with van der Waals surface area (Å²) >= 11 is 0. The van der Waals surface area contributed by atoms with Crippen LogP contribution in [-0.2, 0) is 25.6 Å². The number of furan rings is 1. The van der Waals surface area contributed by atoms with Gasteiger partial charge in [0.15, 0.2) is 0 Å². The number of para-hydroxylation sites is 2. The fraction of sp³-hybridized carbons (Fsp3) is 0.222. The van der Waals surface area contributed by atoms with Crippen LogP contribution >= 0.6 is 0 Å². The van der Waals surface area contributed by atoms with Gasteiger partial charge < -0.3 is 18.8 Å². The molecule has 1 aliphatic rings. The topological polar surface area (TPSA) is 48.2 Å². The maximum Gasteiger partial charge on any atom is 0.257 e. The third kappa shape index (κ3) is 9.15. The molecule has 0 bridgehead atoms. The van der Waals surface area contributed by atoms with Crippen molar-refractivity contribution in [2.45, 2.75) is 84.6 Å². The van der Waals surface area contributed by atoms with Crippen molar-refractivity contribution in [3.05, 3.63) is 210 Å². The Kier molecular flexibility index (Phi) is 13.6. The molecular weight excluding hydrogens is 1040 g/mol. The zero-order chi connectivity index (χ0) is 47.9. The number of imidazole rings is 1. The molecule has 11 rings (SSSR count). The van der Waals surface area contributed by atoms with Crippen molar-refractivity contribution in [2.75, 3.05) is 0 Å². The van der Waals surface area contributed by atoms with Gasteiger partial charge in [-0.3, -0.25) is 9.37 Å². The van der Waals surface area contributed by atoms with Gasteiger partial charge in [-0.05, 0) is 106 Å². The van der Waals surface area contributed by atoms with Crippen LogP contribution in [0.4, 0.5) is 4.39 Å². The van der Waals surface area contributed by atoms with Gasteiger partial charge in [0.1, 0.15) is 5.58 Å². The number of rotatable bonds is 8. The van der Waals surface area contributed by atoms with E-state index in [0.29, 0.717) is 11.3 Å². The van der Waals surface area contributed by atoms with E-state index in [0.717, 1.165) is 75.6 Å². The van der Waals surface area contributed by atoms with Gasteiger partial charge in [0.2, 0.25) is 0 Å². The summed E-state index contributed by atoms with van der Waals surface area (Å²) in [5.74, 6) is 1.00. The number of fused-ring (bicyclic) bond motifs is 4. The molecule has 10 aromatic rings. The van der Waals surface area contributed by atoms with Crippen LogP contribution in [0, 0.1) is 29.9 Å². The van der Waals surface area contributed by atoms with Gasteiger partial charge in [-0.1, -0.05) is 149 Å². The molecule has 7 heteroatoms. The fourth-order valence-electron chi connectivity index (χ4n) is 10.0. The number of hydrogen-bond donors (Lipinski definition) is 0. The zero-order valence-electron chi connectivity index (χ0n) is 40.5.